The Kier molecular flexibility index (Phi) is 4.26. The third-order valence-corrected chi connectivity index (χ3v) is 5.86. The van der Waals surface area contributed by atoms with Gasteiger partial charge in [-0.3, -0.25) is 0 Å². The van der Waals surface area contributed by atoms with Crippen molar-refractivity contribution in [2.45, 2.75) is 30.2 Å². The van der Waals surface area contributed by atoms with Crippen LogP contribution in [0.2, 0.25) is 0 Å². The minimum Gasteiger partial charge on any atom is -0.358 e. The number of nitrogens with one attached hydrogen (secondary N) is 1. The van der Waals surface area contributed by atoms with Crippen molar-refractivity contribution in [3.05, 3.63) is 28.4 Å². The van der Waals surface area contributed by atoms with Gasteiger partial charge in [0.15, 0.2) is 6.20 Å². The molecule has 2 rings (SSSR count). The maximum absolute atomic E-state index is 12.5. The van der Waals surface area contributed by atoms with Crippen molar-refractivity contribution in [2.24, 2.45) is 0 Å². The topological polar surface area (TPSA) is 105 Å². The minimum atomic E-state index is -3.64. The lowest BCUT2D eigenvalue weighted by Crippen LogP contribution is -2.51. The maximum atomic E-state index is 12.5. The molecule has 0 aromatic carbocycles. The maximum Gasteiger partial charge on any atom is 0.363 e. The zero-order valence-electron chi connectivity index (χ0n) is 11.9. The van der Waals surface area contributed by atoms with Crippen LogP contribution in [-0.4, -0.2) is 48.3 Å². The first kappa shape index (κ1) is 15.8. The standard InChI is InChI=1S/C12H18N4O4S/c1-12(13-2)5-7-15(8-6-12)21(19,20)10-3-4-11(14-9-10)16(17)18/h3-4,9,13H,5-8H2,1-2H3. The molecule has 1 N–H and O–H groups in total. The second-order valence-electron chi connectivity index (χ2n) is 5.32. The van der Waals surface area contributed by atoms with E-state index in [-0.39, 0.29) is 16.3 Å². The first-order valence-corrected chi connectivity index (χ1v) is 8.02. The Morgan fingerprint density at radius 2 is 2.00 bits per heavy atom. The number of pyridine rings is 1. The van der Waals surface area contributed by atoms with Crippen LogP contribution in [0, 0.1) is 10.1 Å². The predicted octanol–water partition coefficient (Wildman–Crippen LogP) is 0.752. The molecule has 9 heteroatoms. The van der Waals surface area contributed by atoms with Crippen LogP contribution in [0.4, 0.5) is 5.82 Å². The highest BCUT2D eigenvalue weighted by molar-refractivity contribution is 7.89. The van der Waals surface area contributed by atoms with E-state index in [0.29, 0.717) is 25.9 Å². The largest absolute Gasteiger partial charge is 0.363 e. The number of rotatable bonds is 4. The second kappa shape index (κ2) is 5.66. The van der Waals surface area contributed by atoms with Gasteiger partial charge in [-0.2, -0.15) is 4.31 Å². The van der Waals surface area contributed by atoms with Crippen LogP contribution in [0.25, 0.3) is 0 Å². The lowest BCUT2D eigenvalue weighted by Gasteiger charge is -2.38. The van der Waals surface area contributed by atoms with Crippen molar-refractivity contribution >= 4 is 15.8 Å². The van der Waals surface area contributed by atoms with E-state index >= 15 is 0 Å². The van der Waals surface area contributed by atoms with Crippen LogP contribution in [0.1, 0.15) is 19.8 Å². The lowest BCUT2D eigenvalue weighted by atomic mass is 9.91. The average Bonchev–Trinajstić information content (AvgIpc) is 2.48. The molecule has 2 heterocycles. The van der Waals surface area contributed by atoms with Crippen molar-refractivity contribution in [3.8, 4) is 0 Å². The van der Waals surface area contributed by atoms with Gasteiger partial charge < -0.3 is 15.4 Å². The molecule has 1 aliphatic rings. The molecule has 0 saturated carbocycles. The molecule has 116 valence electrons. The molecule has 0 radical (unpaired) electrons. The van der Waals surface area contributed by atoms with Crippen molar-refractivity contribution in [2.75, 3.05) is 20.1 Å². The summed E-state index contributed by atoms with van der Waals surface area (Å²) < 4.78 is 26.3. The van der Waals surface area contributed by atoms with Crippen molar-refractivity contribution in [3.63, 3.8) is 0 Å². The molecule has 1 aliphatic heterocycles. The quantitative estimate of drug-likeness (QED) is 0.649. The number of hydrogen-bond acceptors (Lipinski definition) is 6. The Morgan fingerprint density at radius 3 is 2.43 bits per heavy atom. The van der Waals surface area contributed by atoms with Crippen molar-refractivity contribution < 1.29 is 13.3 Å². The molecule has 1 aromatic rings. The Balaban J connectivity index is 2.17. The van der Waals surface area contributed by atoms with Gasteiger partial charge in [-0.25, -0.2) is 8.42 Å². The van der Waals surface area contributed by atoms with E-state index in [2.05, 4.69) is 17.2 Å². The molecule has 1 fully saturated rings. The van der Waals surface area contributed by atoms with E-state index < -0.39 is 14.9 Å². The predicted molar refractivity (Wildman–Crippen MR) is 76.3 cm³/mol. The van der Waals surface area contributed by atoms with Gasteiger partial charge in [-0.1, -0.05) is 0 Å². The molecule has 0 amide bonds. The SMILES string of the molecule is CNC1(C)CCN(S(=O)(=O)c2ccc([N+](=O)[O-])nc2)CC1. The summed E-state index contributed by atoms with van der Waals surface area (Å²) in [4.78, 5) is 13.4. The van der Waals surface area contributed by atoms with Gasteiger partial charge in [0, 0.05) is 24.7 Å². The molecule has 0 aliphatic carbocycles. The molecule has 0 bridgehead atoms. The highest BCUT2D eigenvalue weighted by atomic mass is 32.2. The van der Waals surface area contributed by atoms with E-state index in [1.54, 1.807) is 0 Å². The third kappa shape index (κ3) is 3.20. The van der Waals surface area contributed by atoms with E-state index in [0.717, 1.165) is 12.3 Å². The van der Waals surface area contributed by atoms with Gasteiger partial charge >= 0.3 is 5.82 Å². The van der Waals surface area contributed by atoms with Gasteiger partial charge in [0.25, 0.3) is 0 Å². The van der Waals surface area contributed by atoms with Crippen LogP contribution in [-0.2, 0) is 10.0 Å². The van der Waals surface area contributed by atoms with Crippen LogP contribution >= 0.6 is 0 Å². The van der Waals surface area contributed by atoms with E-state index in [1.165, 1.54) is 10.4 Å². The molecule has 8 nitrogen and oxygen atoms in total. The number of nitro groups is 1. The summed E-state index contributed by atoms with van der Waals surface area (Å²) in [6, 6.07) is 2.33. The molecule has 1 aromatic heterocycles. The second-order valence-corrected chi connectivity index (χ2v) is 7.26. The normalized spacial score (nSPS) is 19.3. The fourth-order valence-electron chi connectivity index (χ4n) is 2.25. The summed E-state index contributed by atoms with van der Waals surface area (Å²) in [5, 5.41) is 13.7. The summed E-state index contributed by atoms with van der Waals surface area (Å²) in [5.74, 6) is -0.365. The smallest absolute Gasteiger partial charge is 0.358 e. The molecular formula is C12H18N4O4S. The van der Waals surface area contributed by atoms with Crippen molar-refractivity contribution in [1.82, 2.24) is 14.6 Å². The van der Waals surface area contributed by atoms with E-state index in [4.69, 9.17) is 0 Å². The minimum absolute atomic E-state index is 0.0128. The Labute approximate surface area is 123 Å². The van der Waals surface area contributed by atoms with Gasteiger partial charge in [-0.15, -0.1) is 0 Å². The number of piperidine rings is 1. The van der Waals surface area contributed by atoms with Crippen LogP contribution < -0.4 is 5.32 Å². The van der Waals surface area contributed by atoms with Crippen LogP contribution in [0.15, 0.2) is 23.2 Å². The van der Waals surface area contributed by atoms with Crippen LogP contribution in [0.3, 0.4) is 0 Å². The van der Waals surface area contributed by atoms with Gasteiger partial charge in [0.1, 0.15) is 4.90 Å². The molecule has 0 atom stereocenters. The summed E-state index contributed by atoms with van der Waals surface area (Å²) >= 11 is 0. The van der Waals surface area contributed by atoms with Gasteiger partial charge in [0.2, 0.25) is 10.0 Å². The Bertz CT molecular complexity index is 621. The number of hydrogen-bond donors (Lipinski definition) is 1. The summed E-state index contributed by atoms with van der Waals surface area (Å²) in [5.41, 5.74) is -0.0558. The van der Waals surface area contributed by atoms with Gasteiger partial charge in [0.05, 0.1) is 0 Å². The summed E-state index contributed by atoms with van der Waals surface area (Å²) in [6.07, 6.45) is 2.46. The average molecular weight is 314 g/mol. The summed E-state index contributed by atoms with van der Waals surface area (Å²) in [7, 11) is -1.78. The molecule has 1 saturated heterocycles. The fraction of sp³-hybridized carbons (Fsp3) is 0.583. The van der Waals surface area contributed by atoms with E-state index in [1.807, 2.05) is 7.05 Å². The first-order chi connectivity index (χ1) is 9.78. The van der Waals surface area contributed by atoms with Crippen molar-refractivity contribution in [1.29, 1.82) is 0 Å². The van der Waals surface area contributed by atoms with Gasteiger partial charge in [-0.05, 0) is 42.8 Å². The third-order valence-electron chi connectivity index (χ3n) is 3.98. The zero-order chi connectivity index (χ0) is 15.7. The number of nitrogens with zero attached hydrogens (tertiary/aromatic N) is 3. The monoisotopic (exact) mass is 314 g/mol. The Hall–Kier alpha value is -1.58. The molecule has 21 heavy (non-hydrogen) atoms. The first-order valence-electron chi connectivity index (χ1n) is 6.58. The van der Waals surface area contributed by atoms with Crippen LogP contribution in [0.5, 0.6) is 0 Å². The Morgan fingerprint density at radius 1 is 1.38 bits per heavy atom. The lowest BCUT2D eigenvalue weighted by molar-refractivity contribution is -0.389. The molecular weight excluding hydrogens is 296 g/mol. The summed E-state index contributed by atoms with van der Waals surface area (Å²) in [6.45, 7) is 2.89. The van der Waals surface area contributed by atoms with E-state index in [9.17, 15) is 18.5 Å². The molecule has 0 unspecified atom stereocenters. The highest BCUT2D eigenvalue weighted by Gasteiger charge is 2.35. The highest BCUT2D eigenvalue weighted by Crippen LogP contribution is 2.26. The zero-order valence-corrected chi connectivity index (χ0v) is 12.8. The molecule has 0 spiro atoms. The number of sulfonamides is 1. The number of aromatic nitrogens is 1. The fourth-order valence-corrected chi connectivity index (χ4v) is 3.64.